The fourth-order valence-corrected chi connectivity index (χ4v) is 5.23. The Bertz CT molecular complexity index is 1520. The van der Waals surface area contributed by atoms with E-state index in [1.54, 1.807) is 0 Å². The molecule has 35 heavy (non-hydrogen) atoms. The Morgan fingerprint density at radius 3 is 2.43 bits per heavy atom. The Labute approximate surface area is 197 Å². The number of nitro groups is 2. The monoisotopic (exact) mass is 503 g/mol. The number of non-ortho nitro benzene ring substituents is 1. The van der Waals surface area contributed by atoms with E-state index in [2.05, 4.69) is 10.2 Å². The first-order valence-corrected chi connectivity index (χ1v) is 11.9. The minimum atomic E-state index is -4.68. The van der Waals surface area contributed by atoms with Crippen molar-refractivity contribution in [1.29, 1.82) is 0 Å². The van der Waals surface area contributed by atoms with E-state index < -0.39 is 47.6 Å². The summed E-state index contributed by atoms with van der Waals surface area (Å²) in [7, 11) is -4.68. The summed E-state index contributed by atoms with van der Waals surface area (Å²) in [6.07, 6.45) is 3.27. The van der Waals surface area contributed by atoms with Gasteiger partial charge < -0.3 is 0 Å². The second-order valence-corrected chi connectivity index (χ2v) is 9.58. The summed E-state index contributed by atoms with van der Waals surface area (Å²) in [4.78, 5) is 31.5. The van der Waals surface area contributed by atoms with Crippen LogP contribution in [0.3, 0.4) is 0 Å². The predicted molar refractivity (Wildman–Crippen MR) is 121 cm³/mol. The first-order valence-electron chi connectivity index (χ1n) is 10.4. The van der Waals surface area contributed by atoms with E-state index in [-0.39, 0.29) is 12.0 Å². The lowest BCUT2D eigenvalue weighted by atomic mass is 9.90. The second-order valence-electron chi connectivity index (χ2n) is 7.93. The minimum absolute atomic E-state index is 0.186. The Morgan fingerprint density at radius 1 is 1.03 bits per heavy atom. The molecule has 3 aromatic rings. The molecule has 0 spiro atoms. The molecule has 2 N–H and O–H groups in total. The van der Waals surface area contributed by atoms with Gasteiger partial charge in [0.1, 0.15) is 5.82 Å². The number of nitrogens with zero attached hydrogens (tertiary/aromatic N) is 3. The lowest BCUT2D eigenvalue weighted by molar-refractivity contribution is -0.396. The number of benzene rings is 2. The minimum Gasteiger partial charge on any atom is -0.276 e. The van der Waals surface area contributed by atoms with Gasteiger partial charge in [0.25, 0.3) is 27.0 Å². The van der Waals surface area contributed by atoms with Crippen LogP contribution in [0.15, 0.2) is 46.1 Å². The first-order chi connectivity index (χ1) is 16.6. The SMILES string of the molecule is O=c1[nH]nc(Cc2ccc(F)c(NS(=O)(=O)c3ccc([N+](=O)[O-])cc3[N+](=O)[O-])c2)c2c1CCCC2. The summed E-state index contributed by atoms with van der Waals surface area (Å²) in [5.74, 6) is -0.932. The van der Waals surface area contributed by atoms with E-state index in [1.807, 2.05) is 4.72 Å². The number of fused-ring (bicyclic) bond motifs is 1. The molecule has 0 aliphatic heterocycles. The van der Waals surface area contributed by atoms with Crippen LogP contribution >= 0.6 is 0 Å². The fraction of sp³-hybridized carbons (Fsp3) is 0.238. The maximum absolute atomic E-state index is 14.5. The normalized spacial score (nSPS) is 13.2. The van der Waals surface area contributed by atoms with Crippen molar-refractivity contribution < 1.29 is 22.7 Å². The van der Waals surface area contributed by atoms with Crippen LogP contribution in [0.4, 0.5) is 21.5 Å². The van der Waals surface area contributed by atoms with Crippen molar-refractivity contribution in [1.82, 2.24) is 10.2 Å². The van der Waals surface area contributed by atoms with Gasteiger partial charge in [0, 0.05) is 18.1 Å². The van der Waals surface area contributed by atoms with Crippen molar-refractivity contribution >= 4 is 27.1 Å². The van der Waals surface area contributed by atoms with E-state index in [1.165, 1.54) is 12.1 Å². The summed E-state index contributed by atoms with van der Waals surface area (Å²) in [5, 5.41) is 28.8. The molecule has 1 heterocycles. The number of H-pyrrole nitrogens is 1. The first kappa shape index (κ1) is 23.9. The third kappa shape index (κ3) is 4.87. The molecule has 1 aliphatic rings. The molecule has 0 saturated carbocycles. The van der Waals surface area contributed by atoms with Gasteiger partial charge in [0.15, 0.2) is 4.90 Å². The number of rotatable bonds is 7. The molecule has 4 rings (SSSR count). The topological polar surface area (TPSA) is 178 Å². The van der Waals surface area contributed by atoms with Gasteiger partial charge in [-0.25, -0.2) is 17.9 Å². The van der Waals surface area contributed by atoms with Crippen LogP contribution < -0.4 is 10.3 Å². The number of anilines is 1. The Balaban J connectivity index is 1.67. The van der Waals surface area contributed by atoms with E-state index in [4.69, 9.17) is 0 Å². The molecular weight excluding hydrogens is 485 g/mol. The van der Waals surface area contributed by atoms with Crippen molar-refractivity contribution in [2.24, 2.45) is 0 Å². The Kier molecular flexibility index (Phi) is 6.30. The summed E-state index contributed by atoms with van der Waals surface area (Å²) in [6, 6.07) is 5.74. The standard InChI is InChI=1S/C21H18FN5O7S/c22-16-7-5-12(9-17-14-3-1-2-4-15(14)21(28)24-23-17)10-18(16)25-35(33,34)20-8-6-13(26(29)30)11-19(20)27(31)32/h5-8,10-11,25H,1-4,9H2,(H,24,28). The molecule has 12 nitrogen and oxygen atoms in total. The number of hydrogen-bond acceptors (Lipinski definition) is 8. The van der Waals surface area contributed by atoms with Crippen LogP contribution in [-0.2, 0) is 29.3 Å². The largest absolute Gasteiger partial charge is 0.296 e. The average Bonchev–Trinajstić information content (AvgIpc) is 2.82. The van der Waals surface area contributed by atoms with Crippen molar-refractivity contribution in [2.75, 3.05) is 4.72 Å². The van der Waals surface area contributed by atoms with Crippen molar-refractivity contribution in [3.8, 4) is 0 Å². The third-order valence-electron chi connectivity index (χ3n) is 5.67. The predicted octanol–water partition coefficient (Wildman–Crippen LogP) is 3.00. The molecule has 0 atom stereocenters. The molecule has 0 amide bonds. The summed E-state index contributed by atoms with van der Waals surface area (Å²) < 4.78 is 42.2. The molecule has 0 saturated heterocycles. The zero-order valence-corrected chi connectivity index (χ0v) is 18.8. The average molecular weight is 503 g/mol. The summed E-state index contributed by atoms with van der Waals surface area (Å²) >= 11 is 0. The van der Waals surface area contributed by atoms with Crippen LogP contribution in [-0.4, -0.2) is 28.5 Å². The molecular formula is C21H18FN5O7S. The van der Waals surface area contributed by atoms with Crippen LogP contribution in [0.2, 0.25) is 0 Å². The number of nitro benzene ring substituents is 2. The zero-order valence-electron chi connectivity index (χ0n) is 18.0. The molecule has 0 fully saturated rings. The molecule has 0 radical (unpaired) electrons. The van der Waals surface area contributed by atoms with Crippen molar-refractivity contribution in [3.05, 3.63) is 95.2 Å². The second kappa shape index (κ2) is 9.21. The van der Waals surface area contributed by atoms with E-state index in [0.29, 0.717) is 35.7 Å². The van der Waals surface area contributed by atoms with Gasteiger partial charge >= 0.3 is 0 Å². The number of sulfonamides is 1. The molecule has 1 aromatic heterocycles. The zero-order chi connectivity index (χ0) is 25.3. The van der Waals surface area contributed by atoms with Crippen LogP contribution in [0, 0.1) is 26.0 Å². The number of aromatic amines is 1. The van der Waals surface area contributed by atoms with Gasteiger partial charge in [-0.3, -0.25) is 29.7 Å². The summed E-state index contributed by atoms with van der Waals surface area (Å²) in [6.45, 7) is 0. The quantitative estimate of drug-likeness (QED) is 0.365. The van der Waals surface area contributed by atoms with E-state index >= 15 is 0 Å². The maximum Gasteiger partial charge on any atom is 0.296 e. The number of hydrogen-bond donors (Lipinski definition) is 2. The lowest BCUT2D eigenvalue weighted by Gasteiger charge is -2.17. The Hall–Kier alpha value is -4.20. The van der Waals surface area contributed by atoms with Crippen LogP contribution in [0.25, 0.3) is 0 Å². The molecule has 182 valence electrons. The van der Waals surface area contributed by atoms with Crippen LogP contribution in [0.5, 0.6) is 0 Å². The van der Waals surface area contributed by atoms with Gasteiger partial charge in [-0.2, -0.15) is 5.10 Å². The lowest BCUT2D eigenvalue weighted by Crippen LogP contribution is -2.23. The highest BCUT2D eigenvalue weighted by atomic mass is 32.2. The van der Waals surface area contributed by atoms with Gasteiger partial charge in [-0.1, -0.05) is 6.07 Å². The highest BCUT2D eigenvalue weighted by molar-refractivity contribution is 7.92. The van der Waals surface area contributed by atoms with Gasteiger partial charge in [-0.05, 0) is 55.0 Å². The highest BCUT2D eigenvalue weighted by Gasteiger charge is 2.29. The van der Waals surface area contributed by atoms with E-state index in [9.17, 15) is 37.8 Å². The number of aromatic nitrogens is 2. The van der Waals surface area contributed by atoms with Gasteiger partial charge in [-0.15, -0.1) is 0 Å². The smallest absolute Gasteiger partial charge is 0.276 e. The molecule has 0 unspecified atom stereocenters. The number of halogens is 1. The highest BCUT2D eigenvalue weighted by Crippen LogP contribution is 2.31. The van der Waals surface area contributed by atoms with Crippen molar-refractivity contribution in [3.63, 3.8) is 0 Å². The third-order valence-corrected chi connectivity index (χ3v) is 7.08. The number of nitrogens with one attached hydrogen (secondary N) is 2. The summed E-state index contributed by atoms with van der Waals surface area (Å²) in [5.41, 5.74) is 0.158. The van der Waals surface area contributed by atoms with Gasteiger partial charge in [0.2, 0.25) is 0 Å². The van der Waals surface area contributed by atoms with Gasteiger partial charge in [0.05, 0.1) is 27.3 Å². The molecule has 2 aromatic carbocycles. The molecule has 1 aliphatic carbocycles. The Morgan fingerprint density at radius 2 is 1.74 bits per heavy atom. The maximum atomic E-state index is 14.5. The fourth-order valence-electron chi connectivity index (χ4n) is 4.02. The molecule has 14 heteroatoms. The molecule has 0 bridgehead atoms. The van der Waals surface area contributed by atoms with Crippen LogP contribution in [0.1, 0.15) is 35.2 Å². The van der Waals surface area contributed by atoms with E-state index in [0.717, 1.165) is 36.6 Å². The van der Waals surface area contributed by atoms with Crippen molar-refractivity contribution in [2.45, 2.75) is 37.0 Å².